The number of aromatic hydroxyl groups is 1. The van der Waals surface area contributed by atoms with E-state index in [2.05, 4.69) is 0 Å². The fraction of sp³-hybridized carbons (Fsp3) is 0.400. The Hall–Kier alpha value is -2.75. The molecule has 0 saturated heterocycles. The third-order valence-corrected chi connectivity index (χ3v) is 5.51. The highest BCUT2D eigenvalue weighted by atomic mass is 16.3. The Kier molecular flexibility index (Phi) is 4.81. The van der Waals surface area contributed by atoms with Crippen LogP contribution in [0.4, 0.5) is 0 Å². The number of aryl methyl sites for hydroxylation is 1. The van der Waals surface area contributed by atoms with Gasteiger partial charge in [-0.25, -0.2) is 0 Å². The summed E-state index contributed by atoms with van der Waals surface area (Å²) in [6, 6.07) is 8.37. The predicted octanol–water partition coefficient (Wildman–Crippen LogP) is 5.03. The molecule has 1 aliphatic rings. The topological polar surface area (TPSA) is 71.4 Å². The highest BCUT2D eigenvalue weighted by Gasteiger charge is 2.42. The van der Waals surface area contributed by atoms with Crippen LogP contribution in [0.5, 0.6) is 5.75 Å². The molecule has 4 heteroatoms. The van der Waals surface area contributed by atoms with Crippen LogP contribution in [0.15, 0.2) is 30.3 Å². The molecule has 2 aromatic carbocycles. The van der Waals surface area contributed by atoms with Gasteiger partial charge in [0.15, 0.2) is 5.78 Å². The molecule has 0 saturated carbocycles. The zero-order chi connectivity index (χ0) is 21.9. The molecule has 2 aromatic rings. The Bertz CT molecular complexity index is 1010. The van der Waals surface area contributed by atoms with Crippen molar-refractivity contribution in [1.29, 1.82) is 0 Å². The monoisotopic (exact) mass is 392 g/mol. The fourth-order valence-electron chi connectivity index (χ4n) is 3.87. The Morgan fingerprint density at radius 1 is 0.759 bits per heavy atom. The minimum Gasteiger partial charge on any atom is -0.507 e. The summed E-state index contributed by atoms with van der Waals surface area (Å²) in [5, 5.41) is 10.9. The van der Waals surface area contributed by atoms with Crippen molar-refractivity contribution in [3.05, 3.63) is 63.7 Å². The summed E-state index contributed by atoms with van der Waals surface area (Å²) in [5.41, 5.74) is 2.29. The first kappa shape index (κ1) is 21.0. The van der Waals surface area contributed by atoms with E-state index >= 15 is 0 Å². The maximum absolute atomic E-state index is 13.3. The number of hydrogen-bond donors (Lipinski definition) is 1. The highest BCUT2D eigenvalue weighted by molar-refractivity contribution is 6.53. The second-order valence-electron chi connectivity index (χ2n) is 10.0. The van der Waals surface area contributed by atoms with Crippen molar-refractivity contribution in [2.75, 3.05) is 0 Å². The Balaban J connectivity index is 2.29. The molecule has 29 heavy (non-hydrogen) atoms. The lowest BCUT2D eigenvalue weighted by atomic mass is 9.72. The number of phenolic OH excluding ortho intramolecular Hbond substituents is 1. The van der Waals surface area contributed by atoms with Gasteiger partial charge in [0.1, 0.15) is 11.7 Å². The van der Waals surface area contributed by atoms with Crippen molar-refractivity contribution >= 4 is 17.3 Å². The molecule has 0 aromatic heterocycles. The second-order valence-corrected chi connectivity index (χ2v) is 10.0. The molecule has 152 valence electrons. The smallest absolute Gasteiger partial charge is 0.230 e. The molecular formula is C25H28O4. The van der Waals surface area contributed by atoms with E-state index in [-0.39, 0.29) is 17.1 Å². The molecule has 3 rings (SSSR count). The highest BCUT2D eigenvalue weighted by Crippen LogP contribution is 2.42. The van der Waals surface area contributed by atoms with Crippen molar-refractivity contribution in [2.45, 2.75) is 65.2 Å². The van der Waals surface area contributed by atoms with Gasteiger partial charge in [0.05, 0.1) is 0 Å². The van der Waals surface area contributed by atoms with Gasteiger partial charge in [-0.3, -0.25) is 14.4 Å². The van der Waals surface area contributed by atoms with E-state index in [1.807, 2.05) is 48.5 Å². The van der Waals surface area contributed by atoms with Crippen LogP contribution in [-0.2, 0) is 15.6 Å². The molecule has 1 aliphatic carbocycles. The van der Waals surface area contributed by atoms with Gasteiger partial charge in [0, 0.05) is 11.1 Å². The summed E-state index contributed by atoms with van der Waals surface area (Å²) in [6.45, 7) is 13.6. The number of ketones is 3. The van der Waals surface area contributed by atoms with Crippen molar-refractivity contribution < 1.29 is 19.5 Å². The van der Waals surface area contributed by atoms with Gasteiger partial charge in [-0.1, -0.05) is 65.3 Å². The summed E-state index contributed by atoms with van der Waals surface area (Å²) in [5.74, 6) is -2.71. The second kappa shape index (κ2) is 6.65. The van der Waals surface area contributed by atoms with Crippen LogP contribution in [0.3, 0.4) is 0 Å². The molecule has 0 fully saturated rings. The zero-order valence-corrected chi connectivity index (χ0v) is 18.1. The van der Waals surface area contributed by atoms with E-state index in [0.717, 1.165) is 5.56 Å². The lowest BCUT2D eigenvalue weighted by Gasteiger charge is -2.30. The maximum atomic E-state index is 13.3. The van der Waals surface area contributed by atoms with Crippen LogP contribution in [-0.4, -0.2) is 22.5 Å². The number of hydrogen-bond acceptors (Lipinski definition) is 4. The molecule has 0 bridgehead atoms. The first-order valence-corrected chi connectivity index (χ1v) is 9.84. The third-order valence-electron chi connectivity index (χ3n) is 5.51. The van der Waals surface area contributed by atoms with Gasteiger partial charge in [0.2, 0.25) is 11.6 Å². The van der Waals surface area contributed by atoms with Crippen LogP contribution >= 0.6 is 0 Å². The van der Waals surface area contributed by atoms with Crippen LogP contribution in [0, 0.1) is 6.92 Å². The van der Waals surface area contributed by atoms with Gasteiger partial charge >= 0.3 is 0 Å². The molecule has 0 spiro atoms. The van der Waals surface area contributed by atoms with Crippen molar-refractivity contribution in [2.24, 2.45) is 0 Å². The number of carbonyl (C=O) groups excluding carboxylic acids is 3. The molecule has 1 atom stereocenters. The molecule has 4 nitrogen and oxygen atoms in total. The van der Waals surface area contributed by atoms with Gasteiger partial charge in [0.25, 0.3) is 0 Å². The van der Waals surface area contributed by atoms with E-state index in [0.29, 0.717) is 22.3 Å². The molecule has 0 aliphatic heterocycles. The molecular weight excluding hydrogens is 364 g/mol. The quantitative estimate of drug-likeness (QED) is 0.546. The van der Waals surface area contributed by atoms with Crippen LogP contribution in [0.2, 0.25) is 0 Å². The summed E-state index contributed by atoms with van der Waals surface area (Å²) in [4.78, 5) is 39.0. The molecule has 1 unspecified atom stereocenters. The van der Waals surface area contributed by atoms with Crippen LogP contribution in [0.25, 0.3) is 0 Å². The van der Waals surface area contributed by atoms with E-state index < -0.39 is 28.3 Å². The number of carbonyl (C=O) groups is 3. The zero-order valence-electron chi connectivity index (χ0n) is 18.1. The van der Waals surface area contributed by atoms with Gasteiger partial charge < -0.3 is 5.11 Å². The van der Waals surface area contributed by atoms with Gasteiger partial charge in [-0.2, -0.15) is 0 Å². The van der Waals surface area contributed by atoms with Crippen molar-refractivity contribution in [1.82, 2.24) is 0 Å². The lowest BCUT2D eigenvalue weighted by molar-refractivity contribution is -0.115. The molecule has 1 N–H and O–H groups in total. The van der Waals surface area contributed by atoms with E-state index in [4.69, 9.17) is 0 Å². The Morgan fingerprint density at radius 2 is 1.28 bits per heavy atom. The van der Waals surface area contributed by atoms with Gasteiger partial charge in [-0.15, -0.1) is 0 Å². The maximum Gasteiger partial charge on any atom is 0.230 e. The largest absolute Gasteiger partial charge is 0.507 e. The Labute approximate surface area is 172 Å². The Morgan fingerprint density at radius 3 is 1.76 bits per heavy atom. The SMILES string of the molecule is Cc1ccc2c(c1)C(=O)C(c1cc(C(C)(C)C)c(O)c(C(C)(C)C)c1)C(=O)C2=O. The summed E-state index contributed by atoms with van der Waals surface area (Å²) in [7, 11) is 0. The lowest BCUT2D eigenvalue weighted by Crippen LogP contribution is -2.35. The molecule has 0 radical (unpaired) electrons. The molecule has 0 heterocycles. The fourth-order valence-corrected chi connectivity index (χ4v) is 3.87. The number of benzene rings is 2. The first-order chi connectivity index (χ1) is 13.2. The number of phenols is 1. The number of rotatable bonds is 1. The van der Waals surface area contributed by atoms with Crippen LogP contribution < -0.4 is 0 Å². The summed E-state index contributed by atoms with van der Waals surface area (Å²) in [6.07, 6.45) is 0. The summed E-state index contributed by atoms with van der Waals surface area (Å²) < 4.78 is 0. The third kappa shape index (κ3) is 3.52. The molecule has 0 amide bonds. The first-order valence-electron chi connectivity index (χ1n) is 9.84. The minimum absolute atomic E-state index is 0.173. The average molecular weight is 392 g/mol. The summed E-state index contributed by atoms with van der Waals surface area (Å²) >= 11 is 0. The van der Waals surface area contributed by atoms with Crippen molar-refractivity contribution in [3.63, 3.8) is 0 Å². The van der Waals surface area contributed by atoms with E-state index in [1.54, 1.807) is 30.3 Å². The number of Topliss-reactive ketones (excluding diaryl/α,β-unsaturated/α-hetero) is 3. The van der Waals surface area contributed by atoms with Crippen molar-refractivity contribution in [3.8, 4) is 5.75 Å². The number of fused-ring (bicyclic) bond motifs is 1. The normalized spacial score (nSPS) is 17.5. The average Bonchev–Trinajstić information content (AvgIpc) is 2.59. The standard InChI is InChI=1S/C25H28O4/c1-13-8-9-15-16(10-13)20(26)19(23(29)21(15)27)14-11-17(24(2,3)4)22(28)18(12-14)25(5,6)7/h8-12,19,28H,1-7H3. The van der Waals surface area contributed by atoms with Gasteiger partial charge in [-0.05, 0) is 46.6 Å². The van der Waals surface area contributed by atoms with Crippen LogP contribution in [0.1, 0.15) is 90.4 Å². The van der Waals surface area contributed by atoms with E-state index in [9.17, 15) is 19.5 Å². The predicted molar refractivity (Wildman–Crippen MR) is 113 cm³/mol. The minimum atomic E-state index is -1.18. The van der Waals surface area contributed by atoms with E-state index in [1.165, 1.54) is 0 Å².